The number of hydrogen-bond acceptors (Lipinski definition) is 1. The smallest absolute Gasteiger partial charge is 0.387 e. The Kier molecular flexibility index (Phi) is 4.74. The number of halogens is 5. The summed E-state index contributed by atoms with van der Waals surface area (Å²) in [5.41, 5.74) is -0.227. The van der Waals surface area contributed by atoms with Crippen molar-refractivity contribution < 1.29 is 13.2 Å². The third-order valence-corrected chi connectivity index (χ3v) is 2.25. The van der Waals surface area contributed by atoms with E-state index in [2.05, 4.69) is 21.2 Å². The van der Waals surface area contributed by atoms with Gasteiger partial charge in [-0.05, 0) is 34.1 Å². The molecule has 1 N–H and O–H groups in total. The fraction of sp³-hybridized carbons (Fsp3) is 0.250. The van der Waals surface area contributed by atoms with Crippen LogP contribution in [0.25, 0.3) is 0 Å². The van der Waals surface area contributed by atoms with Crippen LogP contribution in [0.15, 0.2) is 22.7 Å². The van der Waals surface area contributed by atoms with Crippen molar-refractivity contribution in [2.24, 2.45) is 0 Å². The first-order chi connectivity index (χ1) is 5.95. The third kappa shape index (κ3) is 3.06. The van der Waals surface area contributed by atoms with Gasteiger partial charge in [0.1, 0.15) is 0 Å². The van der Waals surface area contributed by atoms with E-state index in [1.807, 2.05) is 0 Å². The number of rotatable bonds is 1. The molecule has 0 aliphatic rings. The molecule has 0 heterocycles. The summed E-state index contributed by atoms with van der Waals surface area (Å²) in [6, 6.07) is 3.46. The maximum atomic E-state index is 12.2. The minimum Gasteiger partial charge on any atom is -0.387 e. The molecular formula is C8H8BrClF3N. The SMILES string of the molecule is CNc1cc(C(F)(F)F)ccc1Br.Cl. The highest BCUT2D eigenvalue weighted by molar-refractivity contribution is 9.10. The maximum absolute atomic E-state index is 12.2. The standard InChI is InChI=1S/C8H7BrF3N.ClH/c1-13-7-4-5(8(10,11)12)2-3-6(7)9;/h2-4,13H,1H3;1H. The van der Waals surface area contributed by atoms with Gasteiger partial charge in [0, 0.05) is 17.2 Å². The zero-order valence-corrected chi connectivity index (χ0v) is 9.55. The Bertz CT molecular complexity index is 314. The summed E-state index contributed by atoms with van der Waals surface area (Å²) in [5.74, 6) is 0. The highest BCUT2D eigenvalue weighted by atomic mass is 79.9. The molecule has 1 aromatic carbocycles. The molecule has 1 aromatic rings. The highest BCUT2D eigenvalue weighted by Crippen LogP contribution is 2.33. The van der Waals surface area contributed by atoms with E-state index in [-0.39, 0.29) is 12.4 Å². The molecule has 0 aliphatic heterocycles. The zero-order valence-electron chi connectivity index (χ0n) is 7.15. The van der Waals surface area contributed by atoms with Crippen molar-refractivity contribution >= 4 is 34.0 Å². The van der Waals surface area contributed by atoms with Crippen LogP contribution in [-0.4, -0.2) is 7.05 Å². The van der Waals surface area contributed by atoms with Gasteiger partial charge in [0.05, 0.1) is 5.56 Å². The molecule has 0 amide bonds. The lowest BCUT2D eigenvalue weighted by Gasteiger charge is -2.09. The Morgan fingerprint density at radius 1 is 1.29 bits per heavy atom. The van der Waals surface area contributed by atoms with Crippen molar-refractivity contribution in [1.82, 2.24) is 0 Å². The first-order valence-electron chi connectivity index (χ1n) is 3.49. The molecule has 0 saturated heterocycles. The van der Waals surface area contributed by atoms with Gasteiger partial charge in [0.15, 0.2) is 0 Å². The monoisotopic (exact) mass is 289 g/mol. The van der Waals surface area contributed by atoms with Crippen LogP contribution in [0.3, 0.4) is 0 Å². The molecule has 0 unspecified atom stereocenters. The Hall–Kier alpha value is -0.420. The van der Waals surface area contributed by atoms with Crippen LogP contribution in [0, 0.1) is 0 Å². The van der Waals surface area contributed by atoms with Gasteiger partial charge in [0.25, 0.3) is 0 Å². The first kappa shape index (κ1) is 13.6. The van der Waals surface area contributed by atoms with Gasteiger partial charge >= 0.3 is 6.18 Å². The second kappa shape index (κ2) is 4.89. The van der Waals surface area contributed by atoms with Crippen LogP contribution in [0.4, 0.5) is 18.9 Å². The molecule has 0 spiro atoms. The average Bonchev–Trinajstić information content (AvgIpc) is 2.03. The largest absolute Gasteiger partial charge is 0.416 e. The van der Waals surface area contributed by atoms with E-state index in [1.54, 1.807) is 7.05 Å². The van der Waals surface area contributed by atoms with Crippen molar-refractivity contribution in [2.75, 3.05) is 12.4 Å². The lowest BCUT2D eigenvalue weighted by Crippen LogP contribution is -2.05. The van der Waals surface area contributed by atoms with Crippen LogP contribution in [0.1, 0.15) is 5.56 Å². The van der Waals surface area contributed by atoms with Crippen LogP contribution < -0.4 is 5.32 Å². The summed E-state index contributed by atoms with van der Waals surface area (Å²) in [6.45, 7) is 0. The lowest BCUT2D eigenvalue weighted by atomic mass is 10.2. The normalized spacial score (nSPS) is 10.6. The molecule has 14 heavy (non-hydrogen) atoms. The third-order valence-electron chi connectivity index (χ3n) is 1.56. The van der Waals surface area contributed by atoms with Gasteiger partial charge in [-0.1, -0.05) is 0 Å². The van der Waals surface area contributed by atoms with E-state index in [0.29, 0.717) is 10.2 Å². The number of alkyl halides is 3. The van der Waals surface area contributed by atoms with Gasteiger partial charge < -0.3 is 5.32 Å². The van der Waals surface area contributed by atoms with Gasteiger partial charge in [-0.15, -0.1) is 12.4 Å². The van der Waals surface area contributed by atoms with E-state index in [9.17, 15) is 13.2 Å². The van der Waals surface area contributed by atoms with Crippen LogP contribution in [-0.2, 0) is 6.18 Å². The van der Waals surface area contributed by atoms with E-state index in [0.717, 1.165) is 12.1 Å². The Labute approximate surface area is 94.2 Å². The molecule has 1 rings (SSSR count). The summed E-state index contributed by atoms with van der Waals surface area (Å²) in [7, 11) is 1.57. The van der Waals surface area contributed by atoms with Crippen molar-refractivity contribution in [3.8, 4) is 0 Å². The van der Waals surface area contributed by atoms with Crippen LogP contribution in [0.2, 0.25) is 0 Å². The average molecular weight is 291 g/mol. The first-order valence-corrected chi connectivity index (χ1v) is 4.29. The van der Waals surface area contributed by atoms with Crippen LogP contribution >= 0.6 is 28.3 Å². The Balaban J connectivity index is 0.00000169. The molecule has 0 aromatic heterocycles. The number of benzene rings is 1. The summed E-state index contributed by atoms with van der Waals surface area (Å²) < 4.78 is 37.2. The molecule has 0 aliphatic carbocycles. The van der Waals surface area contributed by atoms with E-state index in [1.165, 1.54) is 6.07 Å². The fourth-order valence-electron chi connectivity index (χ4n) is 0.893. The molecule has 0 radical (unpaired) electrons. The fourth-order valence-corrected chi connectivity index (χ4v) is 1.34. The molecule has 0 atom stereocenters. The number of hydrogen-bond donors (Lipinski definition) is 1. The predicted octanol–water partition coefficient (Wildman–Crippen LogP) is 3.93. The molecule has 6 heteroatoms. The molecule has 80 valence electrons. The number of anilines is 1. The molecule has 1 nitrogen and oxygen atoms in total. The molecule has 0 bridgehead atoms. The summed E-state index contributed by atoms with van der Waals surface area (Å²) in [6.07, 6.45) is -4.29. The van der Waals surface area contributed by atoms with Crippen molar-refractivity contribution in [3.05, 3.63) is 28.2 Å². The predicted molar refractivity (Wildman–Crippen MR) is 55.9 cm³/mol. The summed E-state index contributed by atoms with van der Waals surface area (Å²) >= 11 is 3.13. The topological polar surface area (TPSA) is 12.0 Å². The maximum Gasteiger partial charge on any atom is 0.416 e. The molecule has 0 fully saturated rings. The zero-order chi connectivity index (χ0) is 10.1. The van der Waals surface area contributed by atoms with Gasteiger partial charge in [-0.3, -0.25) is 0 Å². The Morgan fingerprint density at radius 3 is 2.29 bits per heavy atom. The van der Waals surface area contributed by atoms with Gasteiger partial charge in [-0.25, -0.2) is 0 Å². The van der Waals surface area contributed by atoms with Crippen LogP contribution in [0.5, 0.6) is 0 Å². The quantitative estimate of drug-likeness (QED) is 0.826. The second-order valence-electron chi connectivity index (χ2n) is 2.44. The summed E-state index contributed by atoms with van der Waals surface area (Å²) in [5, 5.41) is 2.66. The van der Waals surface area contributed by atoms with Gasteiger partial charge in [-0.2, -0.15) is 13.2 Å². The minimum absolute atomic E-state index is 0. The van der Waals surface area contributed by atoms with E-state index in [4.69, 9.17) is 0 Å². The summed E-state index contributed by atoms with van der Waals surface area (Å²) in [4.78, 5) is 0. The van der Waals surface area contributed by atoms with Gasteiger partial charge in [0.2, 0.25) is 0 Å². The molecule has 0 saturated carbocycles. The second-order valence-corrected chi connectivity index (χ2v) is 3.30. The minimum atomic E-state index is -4.29. The lowest BCUT2D eigenvalue weighted by molar-refractivity contribution is -0.137. The van der Waals surface area contributed by atoms with Crippen molar-refractivity contribution in [1.29, 1.82) is 0 Å². The van der Waals surface area contributed by atoms with Crippen molar-refractivity contribution in [2.45, 2.75) is 6.18 Å². The Morgan fingerprint density at radius 2 is 1.86 bits per heavy atom. The molecular weight excluding hydrogens is 282 g/mol. The highest BCUT2D eigenvalue weighted by Gasteiger charge is 2.30. The van der Waals surface area contributed by atoms with E-state index < -0.39 is 11.7 Å². The van der Waals surface area contributed by atoms with Crippen molar-refractivity contribution in [3.63, 3.8) is 0 Å². The van der Waals surface area contributed by atoms with E-state index >= 15 is 0 Å². The number of nitrogens with one attached hydrogen (secondary N) is 1.